The van der Waals surface area contributed by atoms with Crippen LogP contribution in [0.3, 0.4) is 0 Å². The largest absolute Gasteiger partial charge is 0.415 e. The zero-order chi connectivity index (χ0) is 54.9. The van der Waals surface area contributed by atoms with Crippen molar-refractivity contribution in [2.75, 3.05) is 50.9 Å². The molecule has 27 heteroatoms. The minimum absolute atomic E-state index is 0.120. The fraction of sp³-hybridized carbons (Fsp3) is 0.440. The van der Waals surface area contributed by atoms with E-state index in [0.29, 0.717) is 86.2 Å². The molecule has 77 heavy (non-hydrogen) atoms. The van der Waals surface area contributed by atoms with E-state index in [-0.39, 0.29) is 29.5 Å². The van der Waals surface area contributed by atoms with Crippen molar-refractivity contribution in [2.45, 2.75) is 87.6 Å². The van der Waals surface area contributed by atoms with Crippen molar-refractivity contribution in [1.82, 2.24) is 48.8 Å². The molecule has 4 saturated heterocycles. The van der Waals surface area contributed by atoms with Gasteiger partial charge in [-0.25, -0.2) is 39.5 Å². The van der Waals surface area contributed by atoms with Crippen LogP contribution in [0, 0.1) is 39.9 Å². The highest BCUT2D eigenvalue weighted by molar-refractivity contribution is 14.1. The summed E-state index contributed by atoms with van der Waals surface area (Å²) >= 11 is 13.9. The first kappa shape index (κ1) is 57.0. The second kappa shape index (κ2) is 26.0. The smallest absolute Gasteiger partial charge is 0.409 e. The number of halogens is 3. The average Bonchev–Trinajstić information content (AvgIpc) is 4.22. The van der Waals surface area contributed by atoms with Crippen LogP contribution in [0.2, 0.25) is 10.0 Å². The number of imidazole rings is 2. The van der Waals surface area contributed by atoms with Crippen molar-refractivity contribution in [3.63, 3.8) is 0 Å². The predicted molar refractivity (Wildman–Crippen MR) is 287 cm³/mol. The second-order valence-electron chi connectivity index (χ2n) is 18.3. The molecule has 8 heterocycles. The molecule has 4 aliphatic heterocycles. The van der Waals surface area contributed by atoms with Crippen LogP contribution in [0.1, 0.15) is 56.8 Å². The van der Waals surface area contributed by atoms with Gasteiger partial charge in [-0.05, 0) is 67.7 Å². The van der Waals surface area contributed by atoms with Gasteiger partial charge in [0.05, 0.1) is 35.9 Å². The maximum atomic E-state index is 12.5. The molecule has 0 bridgehead atoms. The van der Waals surface area contributed by atoms with Gasteiger partial charge in [0.2, 0.25) is 5.82 Å². The highest BCUT2D eigenvalue weighted by Gasteiger charge is 2.45. The lowest BCUT2D eigenvalue weighted by molar-refractivity contribution is -0.0511. The number of anilines is 2. The summed E-state index contributed by atoms with van der Waals surface area (Å²) in [4.78, 5) is 53.0. The highest BCUT2D eigenvalue weighted by Crippen LogP contribution is 2.34. The van der Waals surface area contributed by atoms with E-state index in [9.17, 15) is 35.1 Å². The predicted octanol–water partition coefficient (Wildman–Crippen LogP) is 3.52. The summed E-state index contributed by atoms with van der Waals surface area (Å²) < 4.78 is 25.1. The van der Waals surface area contributed by atoms with Crippen LogP contribution in [-0.4, -0.2) is 168 Å². The Labute approximate surface area is 464 Å². The molecule has 408 valence electrons. The number of carbonyl (C=O) groups is 2. The van der Waals surface area contributed by atoms with Crippen molar-refractivity contribution in [3.05, 3.63) is 80.9 Å². The Balaban J connectivity index is 0.000000169. The van der Waals surface area contributed by atoms with Crippen molar-refractivity contribution in [3.8, 4) is 35.7 Å². The van der Waals surface area contributed by atoms with Crippen LogP contribution >= 0.6 is 45.8 Å². The minimum atomic E-state index is -1.29. The van der Waals surface area contributed by atoms with Crippen molar-refractivity contribution < 1.29 is 59.2 Å². The second-order valence-corrected chi connectivity index (χ2v) is 20.1. The average molecular weight is 1210 g/mol. The van der Waals surface area contributed by atoms with Gasteiger partial charge in [0.1, 0.15) is 47.7 Å². The number of rotatable bonds is 8. The molecule has 0 saturated carbocycles. The lowest BCUT2D eigenvalue weighted by Gasteiger charge is -2.30. The summed E-state index contributed by atoms with van der Waals surface area (Å²) in [5.41, 5.74) is 13.2. The maximum absolute atomic E-state index is 12.5. The molecule has 0 aliphatic carbocycles. The van der Waals surface area contributed by atoms with Gasteiger partial charge in [-0.15, -0.1) is 12.3 Å². The van der Waals surface area contributed by atoms with E-state index in [2.05, 4.69) is 47.7 Å². The number of aliphatic hydroxyl groups excluding tert-OH is 6. The number of terminal acetylenes is 1. The topological polar surface area (TPSA) is 338 Å². The SMILES string of the molecule is C#CCC1CCN(C(=O)Oc2ccccc2Cl)CC1.Nc1nc(C#CCC2CCN(C(=O)Oc3ccccc3Cl)CC2)nc2c1ncn2[C@@H]1O[C@H](CO)C(O)[C@@H]1O.Nc1nc(I)nc2c1ncn2[C@@H]1O[C@H](CO)C(O)[C@@H]1O. The number of likely N-dealkylation sites (tertiary alicyclic amines) is 2. The van der Waals surface area contributed by atoms with Crippen LogP contribution in [0.15, 0.2) is 61.2 Å². The standard InChI is InChI=1S/C25H27ClN6O6.C15H16ClNO2.C10H12IN5O4/c26-15-5-1-2-6-16(15)38-25(36)31-10-8-14(9-11-31)4-3-7-18-29-22(27)19-23(30-18)32(13-28-19)24-21(35)20(34)17(12-33)37-24;1-2-5-12-8-10-17(11-9-12)15(18)19-14-7-4-3-6-13(14)16;11-10-14-7(12)4-8(15-10)16(2-13-4)9-6(19)5(18)3(1-17)20-9/h1-2,5-6,13-14,17,20-21,24,33-35H,4,8-12H2,(H2,27,29,30);1,3-4,6-7,12H,5,8-11H2;2-3,5-6,9,17-19H,1H2,(H2,12,14,15)/t17-,20?,21+,24-;;3-,5?,6+,9-/m1.1/s1. The van der Waals surface area contributed by atoms with Crippen LogP contribution in [-0.2, 0) is 9.47 Å². The van der Waals surface area contributed by atoms with Gasteiger partial charge >= 0.3 is 12.2 Å². The number of hydrogen-bond donors (Lipinski definition) is 8. The Hall–Kier alpha value is -6.21. The zero-order valence-electron chi connectivity index (χ0n) is 41.0. The maximum Gasteiger partial charge on any atom is 0.415 e. The van der Waals surface area contributed by atoms with E-state index in [0.717, 1.165) is 32.1 Å². The Morgan fingerprint density at radius 2 is 1.12 bits per heavy atom. The number of nitrogens with two attached hydrogens (primary N) is 2. The molecule has 4 fully saturated rings. The van der Waals surface area contributed by atoms with Gasteiger partial charge in [0.15, 0.2) is 50.7 Å². The summed E-state index contributed by atoms with van der Waals surface area (Å²) in [7, 11) is 0. The fourth-order valence-electron chi connectivity index (χ4n) is 8.95. The zero-order valence-corrected chi connectivity index (χ0v) is 44.7. The number of amides is 2. The van der Waals surface area contributed by atoms with Crippen LogP contribution in [0.5, 0.6) is 11.5 Å². The number of para-hydroxylation sites is 2. The Bertz CT molecular complexity index is 3140. The van der Waals surface area contributed by atoms with Crippen molar-refractivity contribution in [2.24, 2.45) is 11.8 Å². The first-order valence-corrected chi connectivity index (χ1v) is 26.2. The van der Waals surface area contributed by atoms with Gasteiger partial charge in [0, 0.05) is 61.6 Å². The number of nitrogen functional groups attached to an aromatic ring is 2. The van der Waals surface area contributed by atoms with Crippen molar-refractivity contribution in [1.29, 1.82) is 0 Å². The molecule has 2 unspecified atom stereocenters. The van der Waals surface area contributed by atoms with Gasteiger partial charge in [-0.3, -0.25) is 9.13 Å². The first-order valence-electron chi connectivity index (χ1n) is 24.3. The Morgan fingerprint density at radius 1 is 0.675 bits per heavy atom. The third kappa shape index (κ3) is 13.4. The lowest BCUT2D eigenvalue weighted by atomic mass is 9.94. The number of fused-ring (bicyclic) bond motifs is 2. The minimum Gasteiger partial charge on any atom is -0.409 e. The molecular weight excluding hydrogens is 1160 g/mol. The molecule has 2 aromatic carbocycles. The molecule has 6 aromatic rings. The number of nitrogens with zero attached hydrogens (tertiary/aromatic N) is 10. The molecule has 0 radical (unpaired) electrons. The molecule has 0 spiro atoms. The number of piperidine rings is 2. The van der Waals surface area contributed by atoms with Crippen molar-refractivity contribution >= 4 is 91.9 Å². The van der Waals surface area contributed by atoms with Gasteiger partial charge < -0.3 is 70.9 Å². The summed E-state index contributed by atoms with van der Waals surface area (Å²) in [6, 6.07) is 13.8. The van der Waals surface area contributed by atoms with Gasteiger partial charge in [-0.1, -0.05) is 53.4 Å². The Morgan fingerprint density at radius 3 is 1.56 bits per heavy atom. The van der Waals surface area contributed by atoms with E-state index < -0.39 is 68.4 Å². The molecular formula is C50H55Cl2IN12O12. The van der Waals surface area contributed by atoms with E-state index in [1.165, 1.54) is 21.8 Å². The van der Waals surface area contributed by atoms with E-state index in [1.807, 2.05) is 22.6 Å². The first-order chi connectivity index (χ1) is 37.1. The number of aromatic nitrogens is 8. The number of hydrogen-bond acceptors (Lipinski definition) is 20. The summed E-state index contributed by atoms with van der Waals surface area (Å²) in [5, 5.41) is 59.6. The fourth-order valence-corrected chi connectivity index (χ4v) is 9.79. The lowest BCUT2D eigenvalue weighted by Crippen LogP contribution is -2.40. The highest BCUT2D eigenvalue weighted by atomic mass is 127. The van der Waals surface area contributed by atoms with E-state index in [1.54, 1.807) is 58.3 Å². The molecule has 2 amide bonds. The molecule has 10 N–H and O–H groups in total. The van der Waals surface area contributed by atoms with E-state index in [4.69, 9.17) is 65.1 Å². The summed E-state index contributed by atoms with van der Waals surface area (Å²) in [6.07, 6.45) is 3.50. The molecule has 4 aromatic heterocycles. The molecule has 8 atom stereocenters. The monoisotopic (exact) mass is 1210 g/mol. The third-order valence-corrected chi connectivity index (χ3v) is 14.4. The van der Waals surface area contributed by atoms with Crippen LogP contribution < -0.4 is 20.9 Å². The summed E-state index contributed by atoms with van der Waals surface area (Å²) in [5.74, 6) is 10.8. The Kier molecular flexibility index (Phi) is 19.2. The number of benzene rings is 2. The molecule has 24 nitrogen and oxygen atoms in total. The molecule has 4 aliphatic rings. The number of carbonyl (C=O) groups excluding carboxylic acids is 2. The third-order valence-electron chi connectivity index (χ3n) is 13.3. The molecule has 10 rings (SSSR count). The number of aliphatic hydroxyl groups is 6. The van der Waals surface area contributed by atoms with Gasteiger partial charge in [0.25, 0.3) is 0 Å². The quantitative estimate of drug-likeness (QED) is 0.0614. The van der Waals surface area contributed by atoms with Crippen LogP contribution in [0.25, 0.3) is 22.3 Å². The van der Waals surface area contributed by atoms with E-state index >= 15 is 0 Å². The number of ether oxygens (including phenoxy) is 4. The normalized spacial score (nSPS) is 23.5. The summed E-state index contributed by atoms with van der Waals surface area (Å²) in [6.45, 7) is 1.64. The van der Waals surface area contributed by atoms with Gasteiger partial charge in [-0.2, -0.15) is 0 Å². The van der Waals surface area contributed by atoms with Crippen LogP contribution in [0.4, 0.5) is 21.2 Å².